The minimum Gasteiger partial charge on any atom is -0.300 e. The molecule has 248 valence electrons. The van der Waals surface area contributed by atoms with Crippen molar-refractivity contribution in [3.63, 3.8) is 0 Å². The van der Waals surface area contributed by atoms with Crippen molar-refractivity contribution >= 4 is 0 Å². The Balaban J connectivity index is 0.883. The summed E-state index contributed by atoms with van der Waals surface area (Å²) in [6.45, 7) is 5.17. The molecular formula is C42H70N2. The zero-order valence-electron chi connectivity index (χ0n) is 29.4. The van der Waals surface area contributed by atoms with Gasteiger partial charge in [-0.3, -0.25) is 9.80 Å². The van der Waals surface area contributed by atoms with Crippen molar-refractivity contribution in [2.75, 3.05) is 14.1 Å². The molecular weight excluding hydrogens is 532 g/mol. The molecule has 9 aliphatic rings. The molecule has 0 spiro atoms. The Kier molecular flexibility index (Phi) is 8.05. The van der Waals surface area contributed by atoms with Crippen LogP contribution in [0.4, 0.5) is 0 Å². The van der Waals surface area contributed by atoms with Crippen LogP contribution in [0.25, 0.3) is 0 Å². The van der Waals surface area contributed by atoms with Crippen molar-refractivity contribution in [2.45, 2.75) is 166 Å². The van der Waals surface area contributed by atoms with Gasteiger partial charge in [-0.15, -0.1) is 0 Å². The van der Waals surface area contributed by atoms with Crippen molar-refractivity contribution in [3.8, 4) is 0 Å². The first kappa shape index (κ1) is 30.0. The van der Waals surface area contributed by atoms with Crippen LogP contribution < -0.4 is 0 Å². The Morgan fingerprint density at radius 3 is 1.23 bits per heavy atom. The van der Waals surface area contributed by atoms with Crippen LogP contribution in [0.2, 0.25) is 0 Å². The summed E-state index contributed by atoms with van der Waals surface area (Å²) in [5.41, 5.74) is 0. The first-order valence-electron chi connectivity index (χ1n) is 20.9. The average Bonchev–Trinajstić information content (AvgIpc) is 3.71. The van der Waals surface area contributed by atoms with Crippen LogP contribution in [0.5, 0.6) is 0 Å². The Hall–Kier alpha value is -0.0800. The number of hydrogen-bond acceptors (Lipinski definition) is 2. The van der Waals surface area contributed by atoms with Gasteiger partial charge in [-0.05, 0) is 174 Å². The van der Waals surface area contributed by atoms with Gasteiger partial charge in [-0.2, -0.15) is 0 Å². The molecule has 9 fully saturated rings. The molecule has 2 heteroatoms. The lowest BCUT2D eigenvalue weighted by atomic mass is 9.64. The van der Waals surface area contributed by atoms with E-state index in [-0.39, 0.29) is 0 Å². The van der Waals surface area contributed by atoms with Gasteiger partial charge in [0, 0.05) is 24.2 Å². The highest BCUT2D eigenvalue weighted by Crippen LogP contribution is 2.64. The predicted octanol–water partition coefficient (Wildman–Crippen LogP) is 9.92. The van der Waals surface area contributed by atoms with Crippen LogP contribution in [0.1, 0.15) is 142 Å². The smallest absolute Gasteiger partial charge is 0.0160 e. The standard InChI is InChI=1S/C42H70N2/c1-25-13-19-37-35(21-25)39-33(29-9-5-7-11-31(29)41(39)43(37)3)23-27-15-17-28(18-16-27)24-34-30-10-6-8-12-32(30)42-40(34)36-22-26(2)14-20-38(36)44(42)4/h25-42H,5-24H2,1-4H3. The van der Waals surface area contributed by atoms with E-state index < -0.39 is 0 Å². The SMILES string of the molecule is CC1CCC2C(C1)C1C(CC3CCC(CC4C5CCCCC5C5C4C4CC(C)CCC4N5C)CC3)C3CCCCC3C1N2C. The monoisotopic (exact) mass is 603 g/mol. The van der Waals surface area contributed by atoms with Crippen LogP contribution in [-0.4, -0.2) is 48.1 Å². The fourth-order valence-corrected chi connectivity index (χ4v) is 16.5. The summed E-state index contributed by atoms with van der Waals surface area (Å²) < 4.78 is 0. The Labute approximate surface area is 272 Å². The lowest BCUT2D eigenvalue weighted by molar-refractivity contribution is 0.0741. The number of fused-ring (bicyclic) bond motifs is 10. The third-order valence-electron chi connectivity index (χ3n) is 17.9. The molecule has 7 aliphatic carbocycles. The molecule has 0 radical (unpaired) electrons. The topological polar surface area (TPSA) is 6.48 Å². The summed E-state index contributed by atoms with van der Waals surface area (Å²) in [7, 11) is 5.17. The molecule has 9 rings (SSSR count). The van der Waals surface area contributed by atoms with Gasteiger partial charge in [0.25, 0.3) is 0 Å². The first-order chi connectivity index (χ1) is 21.5. The molecule has 0 bridgehead atoms. The van der Waals surface area contributed by atoms with Crippen molar-refractivity contribution < 1.29 is 0 Å². The molecule has 7 saturated carbocycles. The van der Waals surface area contributed by atoms with Gasteiger partial charge in [0.1, 0.15) is 0 Å². The second-order valence-electron chi connectivity index (χ2n) is 19.7. The molecule has 0 aromatic carbocycles. The maximum Gasteiger partial charge on any atom is 0.0160 e. The highest BCUT2D eigenvalue weighted by Gasteiger charge is 2.63. The van der Waals surface area contributed by atoms with E-state index in [1.54, 1.807) is 89.9 Å². The van der Waals surface area contributed by atoms with E-state index in [1.165, 1.54) is 38.5 Å². The van der Waals surface area contributed by atoms with Crippen LogP contribution in [0.3, 0.4) is 0 Å². The third kappa shape index (κ3) is 4.72. The van der Waals surface area contributed by atoms with E-state index in [9.17, 15) is 0 Å². The van der Waals surface area contributed by atoms with Crippen LogP contribution in [0.15, 0.2) is 0 Å². The summed E-state index contributed by atoms with van der Waals surface area (Å²) in [5.74, 6) is 14.7. The highest BCUT2D eigenvalue weighted by atomic mass is 15.2. The highest BCUT2D eigenvalue weighted by molar-refractivity contribution is 5.14. The largest absolute Gasteiger partial charge is 0.300 e. The fourth-order valence-electron chi connectivity index (χ4n) is 16.5. The van der Waals surface area contributed by atoms with Gasteiger partial charge in [0.15, 0.2) is 0 Å². The molecule has 2 saturated heterocycles. The summed E-state index contributed by atoms with van der Waals surface area (Å²) in [6, 6.07) is 3.78. The van der Waals surface area contributed by atoms with E-state index in [0.29, 0.717) is 0 Å². The van der Waals surface area contributed by atoms with Gasteiger partial charge >= 0.3 is 0 Å². The molecule has 0 N–H and O–H groups in total. The third-order valence-corrected chi connectivity index (χ3v) is 17.9. The normalized spacial score (nSPS) is 57.3. The van der Waals surface area contributed by atoms with Crippen molar-refractivity contribution in [1.82, 2.24) is 9.80 Å². The summed E-state index contributed by atoms with van der Waals surface area (Å²) in [5, 5.41) is 0. The second kappa shape index (κ2) is 11.8. The van der Waals surface area contributed by atoms with E-state index in [4.69, 9.17) is 0 Å². The molecule has 0 aromatic heterocycles. The number of hydrogen-bond donors (Lipinski definition) is 0. The van der Waals surface area contributed by atoms with Crippen molar-refractivity contribution in [1.29, 1.82) is 0 Å². The summed E-state index contributed by atoms with van der Waals surface area (Å²) >= 11 is 0. The molecule has 16 atom stereocenters. The molecule has 2 heterocycles. The lowest BCUT2D eigenvalue weighted by Crippen LogP contribution is -2.41. The van der Waals surface area contributed by atoms with Gasteiger partial charge in [0.05, 0.1) is 0 Å². The van der Waals surface area contributed by atoms with Gasteiger partial charge in [0.2, 0.25) is 0 Å². The first-order valence-corrected chi connectivity index (χ1v) is 20.9. The van der Waals surface area contributed by atoms with Gasteiger partial charge in [-0.1, -0.05) is 65.2 Å². The maximum absolute atomic E-state index is 3.01. The lowest BCUT2D eigenvalue weighted by Gasteiger charge is -2.42. The average molecular weight is 603 g/mol. The second-order valence-corrected chi connectivity index (χ2v) is 19.7. The number of nitrogens with zero attached hydrogens (tertiary/aromatic N) is 2. The Morgan fingerprint density at radius 1 is 0.432 bits per heavy atom. The minimum absolute atomic E-state index is 0.933. The van der Waals surface area contributed by atoms with E-state index in [1.807, 2.05) is 0 Å². The molecule has 0 aromatic rings. The summed E-state index contributed by atoms with van der Waals surface area (Å²) in [4.78, 5) is 6.01. The van der Waals surface area contributed by atoms with E-state index in [2.05, 4.69) is 37.7 Å². The number of rotatable bonds is 4. The van der Waals surface area contributed by atoms with Crippen molar-refractivity contribution in [3.05, 3.63) is 0 Å². The molecule has 16 unspecified atom stereocenters. The quantitative estimate of drug-likeness (QED) is 0.316. The maximum atomic E-state index is 3.01. The molecule has 44 heavy (non-hydrogen) atoms. The van der Waals surface area contributed by atoms with Gasteiger partial charge in [-0.25, -0.2) is 0 Å². The van der Waals surface area contributed by atoms with E-state index in [0.717, 1.165) is 107 Å². The van der Waals surface area contributed by atoms with Crippen molar-refractivity contribution in [2.24, 2.45) is 82.9 Å². The minimum atomic E-state index is 0.933. The van der Waals surface area contributed by atoms with Crippen LogP contribution in [-0.2, 0) is 0 Å². The number of likely N-dealkylation sites (tertiary alicyclic amines) is 2. The fraction of sp³-hybridized carbons (Fsp3) is 1.00. The molecule has 2 nitrogen and oxygen atoms in total. The molecule has 2 aliphatic heterocycles. The zero-order valence-corrected chi connectivity index (χ0v) is 29.4. The Bertz CT molecular complexity index is 935. The Morgan fingerprint density at radius 2 is 0.818 bits per heavy atom. The van der Waals surface area contributed by atoms with Crippen LogP contribution >= 0.6 is 0 Å². The zero-order chi connectivity index (χ0) is 29.7. The molecule has 0 amide bonds. The van der Waals surface area contributed by atoms with E-state index >= 15 is 0 Å². The van der Waals surface area contributed by atoms with Gasteiger partial charge < -0.3 is 0 Å². The predicted molar refractivity (Wildman–Crippen MR) is 183 cm³/mol. The van der Waals surface area contributed by atoms with Crippen LogP contribution in [0, 0.1) is 82.9 Å². The summed E-state index contributed by atoms with van der Waals surface area (Å²) in [6.07, 6.45) is 31.2.